The molecule has 0 spiro atoms. The Kier molecular flexibility index (Phi) is 3.65. The van der Waals surface area contributed by atoms with E-state index in [0.29, 0.717) is 17.7 Å². The van der Waals surface area contributed by atoms with Crippen LogP contribution in [0.5, 0.6) is 0 Å². The largest absolute Gasteiger partial charge is 0.331 e. The van der Waals surface area contributed by atoms with Crippen LogP contribution in [0.1, 0.15) is 28.8 Å². The number of aromatic amines is 1. The highest BCUT2D eigenvalue weighted by atomic mass is 16.2. The first-order valence-corrected chi connectivity index (χ1v) is 8.19. The van der Waals surface area contributed by atoms with E-state index in [1.54, 1.807) is 0 Å². The van der Waals surface area contributed by atoms with E-state index in [4.69, 9.17) is 0 Å². The number of nitrogens with zero attached hydrogens (tertiary/aromatic N) is 1. The number of rotatable bonds is 4. The van der Waals surface area contributed by atoms with Gasteiger partial charge in [0.2, 0.25) is 0 Å². The second-order valence-corrected chi connectivity index (χ2v) is 6.24. The molecule has 1 saturated carbocycles. The van der Waals surface area contributed by atoms with Crippen molar-refractivity contribution in [2.45, 2.75) is 25.4 Å². The molecule has 0 bridgehead atoms. The summed E-state index contributed by atoms with van der Waals surface area (Å²) in [4.78, 5) is 29.9. The highest BCUT2D eigenvalue weighted by Crippen LogP contribution is 2.29. The van der Waals surface area contributed by atoms with Crippen LogP contribution in [0.4, 0.5) is 0 Å². The van der Waals surface area contributed by atoms with Crippen molar-refractivity contribution < 1.29 is 4.79 Å². The summed E-state index contributed by atoms with van der Waals surface area (Å²) >= 11 is 0. The van der Waals surface area contributed by atoms with Crippen LogP contribution in [0.3, 0.4) is 0 Å². The van der Waals surface area contributed by atoms with Crippen LogP contribution in [0.25, 0.3) is 10.9 Å². The molecule has 1 aromatic heterocycles. The number of H-pyrrole nitrogens is 1. The lowest BCUT2D eigenvalue weighted by atomic mass is 10.1. The van der Waals surface area contributed by atoms with E-state index in [2.05, 4.69) is 4.98 Å². The van der Waals surface area contributed by atoms with Crippen molar-refractivity contribution in [3.63, 3.8) is 0 Å². The maximum Gasteiger partial charge on any atom is 0.254 e. The SMILES string of the molecule is O=C(c1ccccc1)N(Cc1cc2ccccc2[nH]c1=O)C1CC1. The Bertz CT molecular complexity index is 943. The lowest BCUT2D eigenvalue weighted by molar-refractivity contribution is 0.0729. The molecule has 0 unspecified atom stereocenters. The number of nitrogens with one attached hydrogen (secondary N) is 1. The summed E-state index contributed by atoms with van der Waals surface area (Å²) in [6.45, 7) is 0.346. The Morgan fingerprint density at radius 1 is 1.04 bits per heavy atom. The van der Waals surface area contributed by atoms with E-state index in [0.717, 1.165) is 23.7 Å². The van der Waals surface area contributed by atoms with Crippen molar-refractivity contribution in [2.24, 2.45) is 0 Å². The van der Waals surface area contributed by atoms with E-state index in [-0.39, 0.29) is 17.5 Å². The van der Waals surface area contributed by atoms with Gasteiger partial charge in [-0.25, -0.2) is 0 Å². The van der Waals surface area contributed by atoms with Crippen LogP contribution < -0.4 is 5.56 Å². The summed E-state index contributed by atoms with van der Waals surface area (Å²) in [6, 6.07) is 19.1. The number of pyridine rings is 1. The summed E-state index contributed by atoms with van der Waals surface area (Å²) in [5, 5.41) is 0.981. The number of benzene rings is 2. The molecular weight excluding hydrogens is 300 g/mol. The number of carbonyl (C=O) groups is 1. The van der Waals surface area contributed by atoms with Crippen molar-refractivity contribution in [3.05, 3.63) is 82.1 Å². The summed E-state index contributed by atoms with van der Waals surface area (Å²) in [5.41, 5.74) is 1.99. The van der Waals surface area contributed by atoms with Crippen molar-refractivity contribution >= 4 is 16.8 Å². The molecule has 0 aliphatic heterocycles. The third-order valence-electron chi connectivity index (χ3n) is 4.44. The molecule has 24 heavy (non-hydrogen) atoms. The van der Waals surface area contributed by atoms with Gasteiger partial charge in [-0.2, -0.15) is 0 Å². The number of para-hydroxylation sites is 1. The average Bonchev–Trinajstić information content (AvgIpc) is 3.45. The molecule has 120 valence electrons. The highest BCUT2D eigenvalue weighted by Gasteiger charge is 2.33. The van der Waals surface area contributed by atoms with Crippen LogP contribution in [-0.4, -0.2) is 21.8 Å². The molecule has 0 atom stereocenters. The lowest BCUT2D eigenvalue weighted by Gasteiger charge is -2.22. The summed E-state index contributed by atoms with van der Waals surface area (Å²) in [7, 11) is 0. The minimum Gasteiger partial charge on any atom is -0.331 e. The fourth-order valence-electron chi connectivity index (χ4n) is 2.99. The van der Waals surface area contributed by atoms with Crippen LogP contribution in [0, 0.1) is 0 Å². The van der Waals surface area contributed by atoms with E-state index in [9.17, 15) is 9.59 Å². The van der Waals surface area contributed by atoms with Crippen LogP contribution in [-0.2, 0) is 6.54 Å². The Morgan fingerprint density at radius 3 is 2.50 bits per heavy atom. The van der Waals surface area contributed by atoms with Gasteiger partial charge in [0.25, 0.3) is 11.5 Å². The van der Waals surface area contributed by atoms with Gasteiger partial charge in [0, 0.05) is 22.7 Å². The fourth-order valence-corrected chi connectivity index (χ4v) is 2.99. The molecule has 0 radical (unpaired) electrons. The van der Waals surface area contributed by atoms with E-state index >= 15 is 0 Å². The number of fused-ring (bicyclic) bond motifs is 1. The molecule has 1 amide bonds. The lowest BCUT2D eigenvalue weighted by Crippen LogP contribution is -2.34. The van der Waals surface area contributed by atoms with Crippen LogP contribution in [0.2, 0.25) is 0 Å². The Hall–Kier alpha value is -2.88. The summed E-state index contributed by atoms with van der Waals surface area (Å²) in [6.07, 6.45) is 2.01. The van der Waals surface area contributed by atoms with Crippen molar-refractivity contribution in [2.75, 3.05) is 0 Å². The first-order chi connectivity index (χ1) is 11.7. The van der Waals surface area contributed by atoms with Gasteiger partial charge in [-0.3, -0.25) is 9.59 Å². The zero-order chi connectivity index (χ0) is 16.5. The van der Waals surface area contributed by atoms with Gasteiger partial charge in [0.1, 0.15) is 0 Å². The molecule has 1 aliphatic carbocycles. The Morgan fingerprint density at radius 2 is 1.75 bits per heavy atom. The first-order valence-electron chi connectivity index (χ1n) is 8.19. The topological polar surface area (TPSA) is 53.2 Å². The first kappa shape index (κ1) is 14.7. The van der Waals surface area contributed by atoms with Crippen molar-refractivity contribution in [1.29, 1.82) is 0 Å². The molecule has 1 N–H and O–H groups in total. The smallest absolute Gasteiger partial charge is 0.254 e. The molecule has 1 heterocycles. The fraction of sp³-hybridized carbons (Fsp3) is 0.200. The Labute approximate surface area is 139 Å². The minimum atomic E-state index is -0.125. The van der Waals surface area contributed by atoms with Gasteiger partial charge in [-0.1, -0.05) is 36.4 Å². The zero-order valence-electron chi connectivity index (χ0n) is 13.2. The highest BCUT2D eigenvalue weighted by molar-refractivity contribution is 5.94. The molecule has 2 aromatic carbocycles. The second-order valence-electron chi connectivity index (χ2n) is 6.24. The van der Waals surface area contributed by atoms with Gasteiger partial charge < -0.3 is 9.88 Å². The summed E-state index contributed by atoms with van der Waals surface area (Å²) in [5.74, 6) is -0.00865. The molecule has 1 aliphatic rings. The number of hydrogen-bond acceptors (Lipinski definition) is 2. The zero-order valence-corrected chi connectivity index (χ0v) is 13.2. The maximum atomic E-state index is 12.8. The van der Waals surface area contributed by atoms with E-state index in [1.165, 1.54) is 0 Å². The Balaban J connectivity index is 1.68. The predicted molar refractivity (Wildman–Crippen MR) is 93.9 cm³/mol. The molecule has 4 rings (SSSR count). The molecule has 4 heteroatoms. The average molecular weight is 318 g/mol. The summed E-state index contributed by atoms with van der Waals surface area (Å²) < 4.78 is 0. The normalized spacial score (nSPS) is 13.8. The second kappa shape index (κ2) is 5.96. The molecule has 3 aromatic rings. The van der Waals surface area contributed by atoms with E-state index in [1.807, 2.05) is 65.6 Å². The third-order valence-corrected chi connectivity index (χ3v) is 4.44. The maximum absolute atomic E-state index is 12.8. The van der Waals surface area contributed by atoms with Gasteiger partial charge in [-0.15, -0.1) is 0 Å². The van der Waals surface area contributed by atoms with Gasteiger partial charge >= 0.3 is 0 Å². The quantitative estimate of drug-likeness (QED) is 0.802. The molecule has 1 fully saturated rings. The number of hydrogen-bond donors (Lipinski definition) is 1. The van der Waals surface area contributed by atoms with Crippen LogP contribution in [0.15, 0.2) is 65.5 Å². The van der Waals surface area contributed by atoms with Crippen LogP contribution >= 0.6 is 0 Å². The van der Waals surface area contributed by atoms with Crippen molar-refractivity contribution in [1.82, 2.24) is 9.88 Å². The standard InChI is InChI=1S/C20H18N2O2/c23-19-16(12-15-8-4-5-9-18(15)21-19)13-22(17-10-11-17)20(24)14-6-2-1-3-7-14/h1-9,12,17H,10-11,13H2,(H,21,23). The van der Waals surface area contributed by atoms with Crippen molar-refractivity contribution in [3.8, 4) is 0 Å². The monoisotopic (exact) mass is 318 g/mol. The molecule has 4 nitrogen and oxygen atoms in total. The van der Waals surface area contributed by atoms with Gasteiger partial charge in [0.05, 0.1) is 6.54 Å². The molecule has 0 saturated heterocycles. The minimum absolute atomic E-state index is 0.00865. The number of carbonyl (C=O) groups excluding carboxylic acids is 1. The predicted octanol–water partition coefficient (Wildman–Crippen LogP) is 3.33. The van der Waals surface area contributed by atoms with Gasteiger partial charge in [0.15, 0.2) is 0 Å². The number of aromatic nitrogens is 1. The third kappa shape index (κ3) is 2.83. The number of amides is 1. The van der Waals surface area contributed by atoms with E-state index < -0.39 is 0 Å². The molecular formula is C20H18N2O2. The van der Waals surface area contributed by atoms with Gasteiger partial charge in [-0.05, 0) is 42.5 Å².